The van der Waals surface area contributed by atoms with E-state index in [0.717, 1.165) is 23.4 Å². The highest BCUT2D eigenvalue weighted by Gasteiger charge is 2.00. The number of hydrogen-bond acceptors (Lipinski definition) is 2. The van der Waals surface area contributed by atoms with Gasteiger partial charge in [0.05, 0.1) is 13.1 Å². The zero-order valence-electron chi connectivity index (χ0n) is 14.4. The lowest BCUT2D eigenvalue weighted by Crippen LogP contribution is -2.37. The van der Waals surface area contributed by atoms with Crippen molar-refractivity contribution in [1.29, 1.82) is 0 Å². The Hall–Kier alpha value is -2.20. The Labute approximate surface area is 167 Å². The predicted octanol–water partition coefficient (Wildman–Crippen LogP) is 3.57. The molecule has 4 nitrogen and oxygen atoms in total. The van der Waals surface area contributed by atoms with Crippen LogP contribution < -0.4 is 15.4 Å². The third-order valence-electron chi connectivity index (χ3n) is 3.27. The number of hydrogen-bond donors (Lipinski definition) is 2. The van der Waals surface area contributed by atoms with Crippen molar-refractivity contribution >= 4 is 29.9 Å². The Bertz CT molecular complexity index is 696. The molecule has 2 N–H and O–H groups in total. The molecule has 0 radical (unpaired) electrons. The Morgan fingerprint density at radius 1 is 1.08 bits per heavy atom. The molecule has 0 spiro atoms. The van der Waals surface area contributed by atoms with Gasteiger partial charge in [0, 0.05) is 6.54 Å². The van der Waals surface area contributed by atoms with Gasteiger partial charge in [0.15, 0.2) is 5.96 Å². The molecule has 2 rings (SSSR count). The van der Waals surface area contributed by atoms with Gasteiger partial charge in [-0.25, -0.2) is 4.99 Å². The number of nitrogens with zero attached hydrogens (tertiary/aromatic N) is 1. The average Bonchev–Trinajstić information content (AvgIpc) is 2.63. The molecule has 2 aromatic rings. The summed E-state index contributed by atoms with van der Waals surface area (Å²) in [6.45, 7) is 4.37. The summed E-state index contributed by atoms with van der Waals surface area (Å²) in [6, 6.07) is 18.1. The normalized spacial score (nSPS) is 10.3. The lowest BCUT2D eigenvalue weighted by atomic mass is 10.2. The van der Waals surface area contributed by atoms with Crippen LogP contribution in [0.4, 0.5) is 0 Å². The van der Waals surface area contributed by atoms with Gasteiger partial charge in [-0.3, -0.25) is 0 Å². The number of rotatable bonds is 7. The Morgan fingerprint density at radius 2 is 1.84 bits per heavy atom. The van der Waals surface area contributed by atoms with Gasteiger partial charge in [0.1, 0.15) is 12.4 Å². The summed E-state index contributed by atoms with van der Waals surface area (Å²) < 4.78 is 5.85. The molecular formula is C20H24IN3O. The van der Waals surface area contributed by atoms with Crippen molar-refractivity contribution in [1.82, 2.24) is 10.6 Å². The molecule has 0 atom stereocenters. The van der Waals surface area contributed by atoms with Crippen LogP contribution in [0.5, 0.6) is 5.75 Å². The molecule has 0 bridgehead atoms. The van der Waals surface area contributed by atoms with E-state index >= 15 is 0 Å². The molecular weight excluding hydrogens is 425 g/mol. The molecule has 5 heteroatoms. The molecule has 0 aliphatic carbocycles. The van der Waals surface area contributed by atoms with Gasteiger partial charge in [-0.1, -0.05) is 48.4 Å². The van der Waals surface area contributed by atoms with Crippen molar-refractivity contribution in [3.63, 3.8) is 0 Å². The lowest BCUT2D eigenvalue weighted by molar-refractivity contribution is 0.306. The van der Waals surface area contributed by atoms with Crippen LogP contribution in [0.15, 0.2) is 59.6 Å². The minimum atomic E-state index is 0. The van der Waals surface area contributed by atoms with E-state index in [-0.39, 0.29) is 24.0 Å². The van der Waals surface area contributed by atoms with Crippen molar-refractivity contribution in [2.45, 2.75) is 20.1 Å². The number of ether oxygens (including phenoxy) is 1. The molecule has 0 aliphatic rings. The largest absolute Gasteiger partial charge is 0.489 e. The molecule has 25 heavy (non-hydrogen) atoms. The fourth-order valence-corrected chi connectivity index (χ4v) is 2.12. The molecule has 0 heterocycles. The van der Waals surface area contributed by atoms with Gasteiger partial charge in [0.25, 0.3) is 0 Å². The van der Waals surface area contributed by atoms with E-state index in [4.69, 9.17) is 11.2 Å². The van der Waals surface area contributed by atoms with Crippen molar-refractivity contribution in [2.24, 2.45) is 4.99 Å². The number of aliphatic imine (C=N–C) groups is 1. The summed E-state index contributed by atoms with van der Waals surface area (Å²) in [5, 5.41) is 6.23. The summed E-state index contributed by atoms with van der Waals surface area (Å²) >= 11 is 0. The average molecular weight is 449 g/mol. The molecule has 0 saturated carbocycles. The Balaban J connectivity index is 0.00000312. The monoisotopic (exact) mass is 449 g/mol. The summed E-state index contributed by atoms with van der Waals surface area (Å²) in [5.74, 6) is 4.10. The van der Waals surface area contributed by atoms with E-state index in [1.165, 1.54) is 0 Å². The van der Waals surface area contributed by atoms with Crippen LogP contribution in [0.3, 0.4) is 0 Å². The Morgan fingerprint density at radius 3 is 2.56 bits per heavy atom. The third-order valence-corrected chi connectivity index (χ3v) is 3.27. The summed E-state index contributed by atoms with van der Waals surface area (Å²) in [5.41, 5.74) is 2.23. The minimum absolute atomic E-state index is 0. The second-order valence-corrected chi connectivity index (χ2v) is 5.17. The number of halogens is 1. The van der Waals surface area contributed by atoms with E-state index in [9.17, 15) is 0 Å². The number of guanidine groups is 1. The van der Waals surface area contributed by atoms with Crippen molar-refractivity contribution in [2.75, 3.05) is 13.1 Å². The lowest BCUT2D eigenvalue weighted by Gasteiger charge is -2.10. The first-order valence-electron chi connectivity index (χ1n) is 8.03. The van der Waals surface area contributed by atoms with Crippen LogP contribution in [0.25, 0.3) is 0 Å². The van der Waals surface area contributed by atoms with Crippen LogP contribution >= 0.6 is 24.0 Å². The van der Waals surface area contributed by atoms with Crippen LogP contribution in [-0.4, -0.2) is 19.0 Å². The van der Waals surface area contributed by atoms with Crippen LogP contribution in [0.1, 0.15) is 18.1 Å². The first-order valence-corrected chi connectivity index (χ1v) is 8.03. The zero-order chi connectivity index (χ0) is 17.0. The second kappa shape index (κ2) is 12.2. The van der Waals surface area contributed by atoms with E-state index < -0.39 is 0 Å². The molecule has 132 valence electrons. The Kier molecular flexibility index (Phi) is 10.2. The van der Waals surface area contributed by atoms with E-state index in [1.54, 1.807) is 0 Å². The van der Waals surface area contributed by atoms with Gasteiger partial charge >= 0.3 is 0 Å². The van der Waals surface area contributed by atoms with Gasteiger partial charge in [-0.15, -0.1) is 30.4 Å². The maximum absolute atomic E-state index is 5.85. The van der Waals surface area contributed by atoms with Gasteiger partial charge in [0.2, 0.25) is 0 Å². The fraction of sp³-hybridized carbons (Fsp3) is 0.250. The van der Waals surface area contributed by atoms with Crippen LogP contribution in [-0.2, 0) is 13.2 Å². The molecule has 0 amide bonds. The van der Waals surface area contributed by atoms with E-state index in [1.807, 2.05) is 61.5 Å². The quantitative estimate of drug-likeness (QED) is 0.294. The van der Waals surface area contributed by atoms with Crippen molar-refractivity contribution < 1.29 is 4.74 Å². The summed E-state index contributed by atoms with van der Waals surface area (Å²) in [6.07, 6.45) is 5.27. The molecule has 2 aromatic carbocycles. The predicted molar refractivity (Wildman–Crippen MR) is 114 cm³/mol. The zero-order valence-corrected chi connectivity index (χ0v) is 16.7. The third kappa shape index (κ3) is 7.94. The standard InChI is InChI=1S/C20H23N3O.HI/c1-3-13-22-20(21-4-2)23-15-18-11-8-12-19(14-18)24-16-17-9-6-5-7-10-17;/h1,5-12,14H,4,13,15-16H2,2H3,(H2,21,22,23);1H. The first-order chi connectivity index (χ1) is 11.8. The second-order valence-electron chi connectivity index (χ2n) is 5.17. The van der Waals surface area contributed by atoms with Crippen molar-refractivity contribution in [3.8, 4) is 18.1 Å². The maximum Gasteiger partial charge on any atom is 0.192 e. The smallest absolute Gasteiger partial charge is 0.192 e. The van der Waals surface area contributed by atoms with Crippen LogP contribution in [0, 0.1) is 12.3 Å². The molecule has 0 unspecified atom stereocenters. The van der Waals surface area contributed by atoms with Gasteiger partial charge in [-0.05, 0) is 30.2 Å². The highest BCUT2D eigenvalue weighted by atomic mass is 127. The van der Waals surface area contributed by atoms with E-state index in [0.29, 0.717) is 25.7 Å². The summed E-state index contributed by atoms with van der Waals surface area (Å²) in [7, 11) is 0. The van der Waals surface area contributed by atoms with Crippen LogP contribution in [0.2, 0.25) is 0 Å². The topological polar surface area (TPSA) is 45.7 Å². The number of terminal acetylenes is 1. The number of nitrogens with one attached hydrogen (secondary N) is 2. The highest BCUT2D eigenvalue weighted by molar-refractivity contribution is 14.0. The highest BCUT2D eigenvalue weighted by Crippen LogP contribution is 2.15. The molecule has 0 fully saturated rings. The first kappa shape index (κ1) is 20.8. The minimum Gasteiger partial charge on any atom is -0.489 e. The van der Waals surface area contributed by atoms with E-state index in [2.05, 4.69) is 21.5 Å². The van der Waals surface area contributed by atoms with Gasteiger partial charge in [-0.2, -0.15) is 0 Å². The molecule has 0 saturated heterocycles. The number of benzene rings is 2. The van der Waals surface area contributed by atoms with Crippen molar-refractivity contribution in [3.05, 3.63) is 65.7 Å². The SMILES string of the molecule is C#CCNC(=NCc1cccc(OCc2ccccc2)c1)NCC.I. The molecule has 0 aromatic heterocycles. The summed E-state index contributed by atoms with van der Waals surface area (Å²) in [4.78, 5) is 4.52. The van der Waals surface area contributed by atoms with Gasteiger partial charge < -0.3 is 15.4 Å². The fourth-order valence-electron chi connectivity index (χ4n) is 2.12. The molecule has 0 aliphatic heterocycles. The maximum atomic E-state index is 5.85.